The highest BCUT2D eigenvalue weighted by molar-refractivity contribution is 5.97. The highest BCUT2D eigenvalue weighted by Gasteiger charge is 2.35. The lowest BCUT2D eigenvalue weighted by Gasteiger charge is -2.41. The van der Waals surface area contributed by atoms with Crippen molar-refractivity contribution in [1.82, 2.24) is 9.80 Å². The Balaban J connectivity index is 0.000000299. The maximum absolute atomic E-state index is 13.8. The van der Waals surface area contributed by atoms with Gasteiger partial charge in [-0.25, -0.2) is 9.59 Å². The second-order valence-electron chi connectivity index (χ2n) is 15.2. The summed E-state index contributed by atoms with van der Waals surface area (Å²) in [6, 6.07) is 23.4. The van der Waals surface area contributed by atoms with Gasteiger partial charge >= 0.3 is 23.4 Å². The fourth-order valence-electron chi connectivity index (χ4n) is 6.42. The lowest BCUT2D eigenvalue weighted by atomic mass is 9.99. The number of piperidine rings is 1. The normalized spacial score (nSPS) is 13.8. The van der Waals surface area contributed by atoms with E-state index in [4.69, 9.17) is 19.3 Å². The van der Waals surface area contributed by atoms with Crippen LogP contribution in [-0.2, 0) is 18.0 Å². The Bertz CT molecular complexity index is 2100. The van der Waals surface area contributed by atoms with E-state index in [9.17, 15) is 34.6 Å². The van der Waals surface area contributed by atoms with E-state index < -0.39 is 27.5 Å². The Morgan fingerprint density at radius 2 is 1.28 bits per heavy atom. The molecule has 0 aromatic heterocycles. The van der Waals surface area contributed by atoms with Crippen LogP contribution < -0.4 is 9.47 Å². The van der Waals surface area contributed by atoms with Crippen molar-refractivity contribution in [1.29, 1.82) is 0 Å². The van der Waals surface area contributed by atoms with E-state index in [0.717, 1.165) is 30.0 Å². The Morgan fingerprint density at radius 1 is 0.810 bits per heavy atom. The van der Waals surface area contributed by atoms with Crippen LogP contribution in [0.4, 0.5) is 16.2 Å². The summed E-state index contributed by atoms with van der Waals surface area (Å²) in [5, 5.41) is 32.0. The van der Waals surface area contributed by atoms with Crippen LogP contribution >= 0.6 is 0 Å². The van der Waals surface area contributed by atoms with Gasteiger partial charge in [0, 0.05) is 36.8 Å². The van der Waals surface area contributed by atoms with Crippen LogP contribution in [0.5, 0.6) is 11.5 Å². The predicted molar refractivity (Wildman–Crippen MR) is 216 cm³/mol. The van der Waals surface area contributed by atoms with Crippen LogP contribution in [0.15, 0.2) is 84.9 Å². The Labute approximate surface area is 337 Å². The quantitative estimate of drug-likeness (QED) is 0.106. The number of nitro groups is 2. The molecular weight excluding hydrogens is 748 g/mol. The monoisotopic (exact) mass is 798 g/mol. The Morgan fingerprint density at radius 3 is 1.71 bits per heavy atom. The lowest BCUT2D eigenvalue weighted by molar-refractivity contribution is -0.386. The SMILES string of the molecule is Cc1cc(OCc2ccccc2)c([N+](=O)[O-])cc1C(=O)N(C(C)C)[C@@H]1CCCN(C(=O)OC(C)(C)C)C1.Cc1cc(OCc2ccccc2)c([N+](=O)[O-])cc1C(=O)O. The molecule has 1 aliphatic heterocycles. The standard InChI is InChI=1S/C28H37N3O6.C15H13NO5/c1-19(2)30(22-13-10-14-29(17-22)27(33)37-28(4,5)6)26(32)23-16-24(31(34)35)25(15-20(23)3)36-18-21-11-8-7-9-12-21;1-10-7-14(21-9-11-5-3-2-4-6-11)13(16(19)20)8-12(10)15(17)18/h7-9,11-12,15-16,19,22H,10,13-14,17-18H2,1-6H3;2-8H,9H2,1H3,(H,17,18)/t22-;/m1./s1. The summed E-state index contributed by atoms with van der Waals surface area (Å²) >= 11 is 0. The smallest absolute Gasteiger partial charge is 0.410 e. The van der Waals surface area contributed by atoms with Crippen molar-refractivity contribution in [2.75, 3.05) is 13.1 Å². The van der Waals surface area contributed by atoms with E-state index in [1.807, 2.05) is 95.3 Å². The molecule has 58 heavy (non-hydrogen) atoms. The Hall–Kier alpha value is -6.51. The first-order valence-corrected chi connectivity index (χ1v) is 18.8. The van der Waals surface area contributed by atoms with Gasteiger partial charge in [0.05, 0.1) is 21.5 Å². The number of nitro benzene ring substituents is 2. The average molecular weight is 799 g/mol. The van der Waals surface area contributed by atoms with Crippen molar-refractivity contribution < 1.29 is 43.5 Å². The van der Waals surface area contributed by atoms with Gasteiger partial charge in [-0.15, -0.1) is 0 Å². The second-order valence-corrected chi connectivity index (χ2v) is 15.2. The molecule has 1 saturated heterocycles. The minimum atomic E-state index is -1.20. The molecule has 15 nitrogen and oxygen atoms in total. The first-order valence-electron chi connectivity index (χ1n) is 18.8. The molecule has 1 heterocycles. The van der Waals surface area contributed by atoms with Gasteiger partial charge in [-0.05, 0) is 95.7 Å². The van der Waals surface area contributed by atoms with Crippen LogP contribution in [-0.4, -0.2) is 73.5 Å². The molecule has 2 amide bonds. The minimum absolute atomic E-state index is 0.0614. The Kier molecular flexibility index (Phi) is 14.9. The van der Waals surface area contributed by atoms with Crippen molar-refractivity contribution in [2.24, 2.45) is 0 Å². The van der Waals surface area contributed by atoms with Gasteiger partial charge in [0.2, 0.25) is 0 Å². The molecule has 1 fully saturated rings. The van der Waals surface area contributed by atoms with Crippen molar-refractivity contribution in [3.8, 4) is 11.5 Å². The first-order chi connectivity index (χ1) is 27.4. The van der Waals surface area contributed by atoms with Crippen molar-refractivity contribution in [3.63, 3.8) is 0 Å². The minimum Gasteiger partial charge on any atom is -0.482 e. The first kappa shape index (κ1) is 44.2. The van der Waals surface area contributed by atoms with E-state index in [1.165, 1.54) is 12.1 Å². The molecule has 5 rings (SSSR count). The van der Waals surface area contributed by atoms with Gasteiger partial charge in [0.15, 0.2) is 11.5 Å². The number of benzene rings is 4. The molecule has 0 aliphatic carbocycles. The number of carboxylic acids is 1. The van der Waals surface area contributed by atoms with E-state index in [2.05, 4.69) is 0 Å². The molecular formula is C43H50N4O11. The van der Waals surface area contributed by atoms with E-state index in [1.54, 1.807) is 29.7 Å². The summed E-state index contributed by atoms with van der Waals surface area (Å²) in [5.74, 6) is -1.33. The number of carbonyl (C=O) groups excluding carboxylic acids is 2. The molecule has 0 bridgehead atoms. The number of hydrogen-bond donors (Lipinski definition) is 1. The van der Waals surface area contributed by atoms with Gasteiger partial charge in [-0.1, -0.05) is 60.7 Å². The summed E-state index contributed by atoms with van der Waals surface area (Å²) in [4.78, 5) is 62.7. The fraction of sp³-hybridized carbons (Fsp3) is 0.372. The van der Waals surface area contributed by atoms with Crippen LogP contribution in [0.2, 0.25) is 0 Å². The zero-order valence-corrected chi connectivity index (χ0v) is 33.8. The number of carboxylic acid groups (broad SMARTS) is 1. The number of ether oxygens (including phenoxy) is 3. The van der Waals surface area contributed by atoms with Gasteiger partial charge in [-0.3, -0.25) is 25.0 Å². The zero-order valence-electron chi connectivity index (χ0n) is 33.8. The predicted octanol–water partition coefficient (Wildman–Crippen LogP) is 8.91. The molecule has 1 atom stereocenters. The molecule has 4 aromatic rings. The number of amides is 2. The van der Waals surface area contributed by atoms with Gasteiger partial charge < -0.3 is 29.1 Å². The lowest BCUT2D eigenvalue weighted by Crippen LogP contribution is -2.54. The molecule has 0 radical (unpaired) electrons. The highest BCUT2D eigenvalue weighted by atomic mass is 16.6. The van der Waals surface area contributed by atoms with Gasteiger partial charge in [0.1, 0.15) is 18.8 Å². The third-order valence-corrected chi connectivity index (χ3v) is 9.17. The maximum Gasteiger partial charge on any atom is 0.410 e. The number of rotatable bonds is 12. The van der Waals surface area contributed by atoms with E-state index in [0.29, 0.717) is 24.2 Å². The molecule has 1 aliphatic rings. The molecule has 0 unspecified atom stereocenters. The third kappa shape index (κ3) is 12.0. The van der Waals surface area contributed by atoms with E-state index >= 15 is 0 Å². The highest BCUT2D eigenvalue weighted by Crippen LogP contribution is 2.34. The zero-order chi connectivity index (χ0) is 42.7. The van der Waals surface area contributed by atoms with E-state index in [-0.39, 0.29) is 65.2 Å². The van der Waals surface area contributed by atoms with Gasteiger partial charge in [-0.2, -0.15) is 0 Å². The largest absolute Gasteiger partial charge is 0.482 e. The van der Waals surface area contributed by atoms with Crippen molar-refractivity contribution in [2.45, 2.75) is 92.2 Å². The molecule has 0 saturated carbocycles. The van der Waals surface area contributed by atoms with Crippen molar-refractivity contribution in [3.05, 3.63) is 139 Å². The molecule has 15 heteroatoms. The number of nitrogens with zero attached hydrogens (tertiary/aromatic N) is 4. The molecule has 4 aromatic carbocycles. The van der Waals surface area contributed by atoms with Crippen LogP contribution in [0, 0.1) is 34.1 Å². The molecule has 308 valence electrons. The molecule has 0 spiro atoms. The number of carbonyl (C=O) groups is 3. The van der Waals surface area contributed by atoms with Crippen LogP contribution in [0.1, 0.15) is 90.4 Å². The van der Waals surface area contributed by atoms with Crippen molar-refractivity contribution >= 4 is 29.3 Å². The number of hydrogen-bond acceptors (Lipinski definition) is 10. The average Bonchev–Trinajstić information content (AvgIpc) is 3.16. The third-order valence-electron chi connectivity index (χ3n) is 9.17. The number of likely N-dealkylation sites (tertiary alicyclic amines) is 1. The van der Waals surface area contributed by atoms with Gasteiger partial charge in [0.25, 0.3) is 5.91 Å². The summed E-state index contributed by atoms with van der Waals surface area (Å²) in [5.41, 5.74) is 1.68. The number of aryl methyl sites for hydroxylation is 2. The summed E-state index contributed by atoms with van der Waals surface area (Å²) in [7, 11) is 0. The summed E-state index contributed by atoms with van der Waals surface area (Å²) < 4.78 is 16.8. The van der Waals surface area contributed by atoms with Crippen LogP contribution in [0.3, 0.4) is 0 Å². The summed E-state index contributed by atoms with van der Waals surface area (Å²) in [6.07, 6.45) is 1.05. The molecule has 1 N–H and O–H groups in total. The topological polar surface area (TPSA) is 192 Å². The van der Waals surface area contributed by atoms with Crippen LogP contribution in [0.25, 0.3) is 0 Å². The number of aromatic carboxylic acids is 1. The second kappa shape index (κ2) is 19.6. The summed E-state index contributed by atoms with van der Waals surface area (Å²) in [6.45, 7) is 13.8. The maximum atomic E-state index is 13.8. The fourth-order valence-corrected chi connectivity index (χ4v) is 6.42.